The first-order valence-corrected chi connectivity index (χ1v) is 11.5. The number of nitrogens with two attached hydrogens (primary N) is 1. The van der Waals surface area contributed by atoms with Gasteiger partial charge in [-0.3, -0.25) is 14.4 Å². The van der Waals surface area contributed by atoms with Gasteiger partial charge in [0.05, 0.1) is 5.56 Å². The van der Waals surface area contributed by atoms with E-state index >= 15 is 0 Å². The second kappa shape index (κ2) is 8.52. The lowest BCUT2D eigenvalue weighted by Crippen LogP contribution is -2.58. The van der Waals surface area contributed by atoms with E-state index in [4.69, 9.17) is 5.73 Å². The van der Waals surface area contributed by atoms with Crippen molar-refractivity contribution >= 4 is 41.1 Å². The molecule has 0 radical (unpaired) electrons. The van der Waals surface area contributed by atoms with Crippen LogP contribution in [-0.2, 0) is 20.8 Å². The predicted octanol–water partition coefficient (Wildman–Crippen LogP) is 2.99. The molecule has 188 valence electrons. The minimum atomic E-state index is -2.60. The first-order valence-electron chi connectivity index (χ1n) is 11.5. The lowest BCUT2D eigenvalue weighted by molar-refractivity contribution is -0.147. The highest BCUT2D eigenvalue weighted by atomic mass is 16.3. The minimum absolute atomic E-state index is 0.0117. The van der Waals surface area contributed by atoms with E-state index in [1.165, 1.54) is 6.07 Å². The lowest BCUT2D eigenvalue weighted by atomic mass is 9.59. The molecule has 5 rings (SSSR count). The molecule has 2 aromatic carbocycles. The summed E-state index contributed by atoms with van der Waals surface area (Å²) in [4.78, 5) is 48.6. The van der Waals surface area contributed by atoms with Gasteiger partial charge in [-0.1, -0.05) is 30.4 Å². The number of phenolic OH excluding ortho intramolecular Hbond substituents is 1. The Balaban J connectivity index is 1.62. The van der Waals surface area contributed by atoms with Gasteiger partial charge in [-0.05, 0) is 58.8 Å². The van der Waals surface area contributed by atoms with Crippen LogP contribution >= 0.6 is 0 Å². The number of ketones is 2. The standard InChI is InChI=1S/C27H22N2O8/c28-26(35)22-19(31)11-15-9-14-10-17-13(5-4-12-2-1-3-16(8-12)29-37)6-7-18(30)21(17)23(32)20(14)24(33)27(15,36)25(22)34/h1-8,14-15,30,32,34,36H,9-11H2,(H2,28,35)/t14-,15+,27+/m1/s1. The second-order valence-electron chi connectivity index (χ2n) is 9.45. The number of nitroso groups, excluding NO2 is 1. The van der Waals surface area contributed by atoms with Crippen LogP contribution in [0.1, 0.15) is 35.1 Å². The Kier molecular flexibility index (Phi) is 5.56. The molecular weight excluding hydrogens is 480 g/mol. The van der Waals surface area contributed by atoms with Gasteiger partial charge in [0, 0.05) is 17.9 Å². The zero-order chi connectivity index (χ0) is 26.6. The first kappa shape index (κ1) is 24.1. The fourth-order valence-corrected chi connectivity index (χ4v) is 5.67. The lowest BCUT2D eigenvalue weighted by Gasteiger charge is -2.46. The molecular formula is C27H22N2O8. The van der Waals surface area contributed by atoms with Gasteiger partial charge in [0.2, 0.25) is 5.78 Å². The highest BCUT2D eigenvalue weighted by Gasteiger charge is 2.60. The van der Waals surface area contributed by atoms with Gasteiger partial charge in [0.1, 0.15) is 28.5 Å². The summed E-state index contributed by atoms with van der Waals surface area (Å²) in [5.74, 6) is -6.68. The van der Waals surface area contributed by atoms with Crippen LogP contribution in [0.25, 0.3) is 17.9 Å². The summed E-state index contributed by atoms with van der Waals surface area (Å²) in [6.07, 6.45) is 3.33. The van der Waals surface area contributed by atoms with Crippen LogP contribution in [-0.4, -0.2) is 43.5 Å². The Hall–Kier alpha value is -4.57. The number of primary amides is 1. The molecule has 0 saturated heterocycles. The van der Waals surface area contributed by atoms with E-state index in [9.17, 15) is 39.7 Å². The largest absolute Gasteiger partial charge is 0.508 e. The third-order valence-corrected chi connectivity index (χ3v) is 7.41. The Morgan fingerprint density at radius 2 is 1.84 bits per heavy atom. The van der Waals surface area contributed by atoms with Gasteiger partial charge in [0.25, 0.3) is 5.91 Å². The maximum absolute atomic E-state index is 13.5. The van der Waals surface area contributed by atoms with E-state index in [-0.39, 0.29) is 41.8 Å². The van der Waals surface area contributed by atoms with Gasteiger partial charge in [-0.2, -0.15) is 0 Å². The number of carbonyl (C=O) groups is 3. The topological polar surface area (TPSA) is 188 Å². The van der Waals surface area contributed by atoms with Crippen molar-refractivity contribution in [2.24, 2.45) is 22.7 Å². The zero-order valence-corrected chi connectivity index (χ0v) is 19.3. The van der Waals surface area contributed by atoms with Crippen molar-refractivity contribution in [3.05, 3.63) is 80.5 Å². The van der Waals surface area contributed by atoms with E-state index in [0.29, 0.717) is 16.7 Å². The number of aliphatic hydroxyl groups is 3. The van der Waals surface area contributed by atoms with Crippen LogP contribution in [0, 0.1) is 16.7 Å². The molecule has 1 saturated carbocycles. The van der Waals surface area contributed by atoms with Crippen LogP contribution in [0.2, 0.25) is 0 Å². The van der Waals surface area contributed by atoms with Gasteiger partial charge < -0.3 is 26.2 Å². The average Bonchev–Trinajstić information content (AvgIpc) is 2.85. The highest BCUT2D eigenvalue weighted by molar-refractivity contribution is 6.22. The predicted molar refractivity (Wildman–Crippen MR) is 132 cm³/mol. The Morgan fingerprint density at radius 3 is 2.54 bits per heavy atom. The number of hydrogen-bond donors (Lipinski definition) is 5. The van der Waals surface area contributed by atoms with E-state index < -0.39 is 52.0 Å². The van der Waals surface area contributed by atoms with Crippen LogP contribution in [0.3, 0.4) is 0 Å². The van der Waals surface area contributed by atoms with Crippen molar-refractivity contribution in [1.29, 1.82) is 0 Å². The molecule has 3 aliphatic rings. The maximum atomic E-state index is 13.5. The van der Waals surface area contributed by atoms with E-state index in [1.54, 1.807) is 42.5 Å². The number of amides is 1. The maximum Gasteiger partial charge on any atom is 0.255 e. The van der Waals surface area contributed by atoms with Gasteiger partial charge in [-0.15, -0.1) is 4.91 Å². The molecule has 2 aromatic rings. The molecule has 10 nitrogen and oxygen atoms in total. The number of Topliss-reactive ketones (excluding diaryl/α,β-unsaturated/α-hetero) is 2. The molecule has 0 unspecified atom stereocenters. The Labute approximate surface area is 210 Å². The third-order valence-electron chi connectivity index (χ3n) is 7.41. The van der Waals surface area contributed by atoms with Gasteiger partial charge in [0.15, 0.2) is 11.4 Å². The molecule has 0 aliphatic heterocycles. The number of aliphatic hydroxyl groups excluding tert-OH is 2. The van der Waals surface area contributed by atoms with Crippen LogP contribution in [0.15, 0.2) is 58.5 Å². The van der Waals surface area contributed by atoms with Crippen LogP contribution in [0.4, 0.5) is 5.69 Å². The number of aromatic hydroxyl groups is 1. The molecule has 3 atom stereocenters. The Morgan fingerprint density at radius 1 is 1.08 bits per heavy atom. The fraction of sp³-hybridized carbons (Fsp3) is 0.222. The van der Waals surface area contributed by atoms with Crippen molar-refractivity contribution in [2.45, 2.75) is 24.9 Å². The molecule has 0 spiro atoms. The summed E-state index contributed by atoms with van der Waals surface area (Å²) in [6, 6.07) is 9.60. The summed E-state index contributed by atoms with van der Waals surface area (Å²) >= 11 is 0. The number of hydrogen-bond acceptors (Lipinski definition) is 9. The first-order chi connectivity index (χ1) is 17.6. The van der Waals surface area contributed by atoms with E-state index in [0.717, 1.165) is 0 Å². The smallest absolute Gasteiger partial charge is 0.255 e. The van der Waals surface area contributed by atoms with Crippen LogP contribution in [0.5, 0.6) is 5.75 Å². The number of rotatable bonds is 4. The van der Waals surface area contributed by atoms with Crippen molar-refractivity contribution in [3.8, 4) is 5.75 Å². The molecule has 1 fully saturated rings. The van der Waals surface area contributed by atoms with Crippen molar-refractivity contribution < 1.29 is 34.8 Å². The monoisotopic (exact) mass is 502 g/mol. The summed E-state index contributed by atoms with van der Waals surface area (Å²) in [5.41, 5.74) is 3.72. The molecule has 0 bridgehead atoms. The average molecular weight is 502 g/mol. The van der Waals surface area contributed by atoms with E-state index in [1.807, 2.05) is 0 Å². The number of fused-ring (bicyclic) bond motifs is 3. The van der Waals surface area contributed by atoms with Gasteiger partial charge in [-0.25, -0.2) is 0 Å². The minimum Gasteiger partial charge on any atom is -0.508 e. The zero-order valence-electron chi connectivity index (χ0n) is 19.3. The summed E-state index contributed by atoms with van der Waals surface area (Å²) in [7, 11) is 0. The van der Waals surface area contributed by atoms with Crippen molar-refractivity contribution in [3.63, 3.8) is 0 Å². The Bertz CT molecular complexity index is 1500. The number of phenols is 1. The van der Waals surface area contributed by atoms with Crippen molar-refractivity contribution in [2.75, 3.05) is 0 Å². The second-order valence-corrected chi connectivity index (χ2v) is 9.45. The molecule has 37 heavy (non-hydrogen) atoms. The summed E-state index contributed by atoms with van der Waals surface area (Å²) < 4.78 is 0. The highest BCUT2D eigenvalue weighted by Crippen LogP contribution is 2.52. The quantitative estimate of drug-likeness (QED) is 0.240. The number of carbonyl (C=O) groups excluding carboxylic acids is 3. The SMILES string of the molecule is NC(=O)C1=C(O)[C@@]2(O)C(=O)C3=C(O)c4c(O)ccc(C=Cc5cccc(N=O)c5)c4C[C@H]3C[C@H]2CC1=O. The molecule has 0 heterocycles. The number of benzene rings is 2. The third kappa shape index (κ3) is 3.56. The summed E-state index contributed by atoms with van der Waals surface area (Å²) in [5, 5.41) is 46.6. The number of nitrogens with zero attached hydrogens (tertiary/aromatic N) is 1. The fourth-order valence-electron chi connectivity index (χ4n) is 5.67. The molecule has 6 N–H and O–H groups in total. The molecule has 3 aliphatic carbocycles. The normalized spacial score (nSPS) is 25.1. The molecule has 0 aromatic heterocycles. The molecule has 10 heteroatoms. The van der Waals surface area contributed by atoms with Crippen LogP contribution < -0.4 is 5.73 Å². The molecule has 1 amide bonds. The van der Waals surface area contributed by atoms with Gasteiger partial charge >= 0.3 is 0 Å². The van der Waals surface area contributed by atoms with E-state index in [2.05, 4.69) is 5.18 Å². The summed E-state index contributed by atoms with van der Waals surface area (Å²) in [6.45, 7) is 0. The van der Waals surface area contributed by atoms with Crippen molar-refractivity contribution in [1.82, 2.24) is 0 Å².